The minimum absolute atomic E-state index is 0.0384. The average molecular weight is 274 g/mol. The Bertz CT molecular complexity index is 535. The van der Waals surface area contributed by atoms with Gasteiger partial charge in [-0.25, -0.2) is 0 Å². The van der Waals surface area contributed by atoms with Crippen molar-refractivity contribution in [2.75, 3.05) is 20.8 Å². The fourth-order valence-corrected chi connectivity index (χ4v) is 2.41. The van der Waals surface area contributed by atoms with Crippen LogP contribution in [-0.2, 0) is 9.47 Å². The minimum Gasteiger partial charge on any atom is -0.354 e. The molecule has 0 aliphatic heterocycles. The zero-order valence-electron chi connectivity index (χ0n) is 12.3. The molecule has 1 aromatic carbocycles. The topological polar surface area (TPSA) is 43.4 Å². The van der Waals surface area contributed by atoms with Crippen LogP contribution in [0, 0.1) is 0 Å². The molecule has 1 atom stereocenters. The number of hydrogen-bond acceptors (Lipinski definition) is 4. The SMILES string of the molecule is CCCNC(c1cncc2ccccc12)C(OC)OC. The van der Waals surface area contributed by atoms with Crippen molar-refractivity contribution < 1.29 is 9.47 Å². The van der Waals surface area contributed by atoms with Gasteiger partial charge >= 0.3 is 0 Å². The first-order valence-electron chi connectivity index (χ1n) is 6.93. The van der Waals surface area contributed by atoms with Gasteiger partial charge in [0, 0.05) is 37.6 Å². The van der Waals surface area contributed by atoms with Gasteiger partial charge in [-0.1, -0.05) is 31.2 Å². The molecule has 108 valence electrons. The fourth-order valence-electron chi connectivity index (χ4n) is 2.41. The lowest BCUT2D eigenvalue weighted by molar-refractivity contribution is -0.123. The zero-order chi connectivity index (χ0) is 14.4. The molecule has 0 saturated heterocycles. The number of fused-ring (bicyclic) bond motifs is 1. The van der Waals surface area contributed by atoms with E-state index in [-0.39, 0.29) is 12.3 Å². The maximum Gasteiger partial charge on any atom is 0.176 e. The van der Waals surface area contributed by atoms with Crippen molar-refractivity contribution in [3.8, 4) is 0 Å². The summed E-state index contributed by atoms with van der Waals surface area (Å²) in [6.07, 6.45) is 4.48. The van der Waals surface area contributed by atoms with Gasteiger partial charge in [0.2, 0.25) is 0 Å². The number of rotatable bonds is 7. The Labute approximate surface area is 120 Å². The molecule has 0 spiro atoms. The third kappa shape index (κ3) is 3.15. The van der Waals surface area contributed by atoms with E-state index in [1.54, 1.807) is 14.2 Å². The van der Waals surface area contributed by atoms with Gasteiger partial charge in [0.1, 0.15) is 0 Å². The second-order valence-corrected chi connectivity index (χ2v) is 4.72. The van der Waals surface area contributed by atoms with Crippen molar-refractivity contribution in [1.29, 1.82) is 0 Å². The number of ether oxygens (including phenoxy) is 2. The second-order valence-electron chi connectivity index (χ2n) is 4.72. The summed E-state index contributed by atoms with van der Waals surface area (Å²) in [6.45, 7) is 3.04. The van der Waals surface area contributed by atoms with Crippen molar-refractivity contribution in [3.63, 3.8) is 0 Å². The molecule has 1 heterocycles. The predicted molar refractivity (Wildman–Crippen MR) is 80.6 cm³/mol. The quantitative estimate of drug-likeness (QED) is 0.788. The number of hydrogen-bond donors (Lipinski definition) is 1. The summed E-state index contributed by atoms with van der Waals surface area (Å²) >= 11 is 0. The molecule has 4 heteroatoms. The highest BCUT2D eigenvalue weighted by Crippen LogP contribution is 2.26. The van der Waals surface area contributed by atoms with Crippen molar-refractivity contribution >= 4 is 10.8 Å². The first-order chi connectivity index (χ1) is 9.81. The van der Waals surface area contributed by atoms with Crippen LogP contribution in [0.5, 0.6) is 0 Å². The van der Waals surface area contributed by atoms with Crippen LogP contribution in [-0.4, -0.2) is 32.0 Å². The minimum atomic E-state index is -0.339. The van der Waals surface area contributed by atoms with E-state index in [1.165, 1.54) is 5.39 Å². The molecule has 0 radical (unpaired) electrons. The predicted octanol–water partition coefficient (Wildman–Crippen LogP) is 2.89. The first kappa shape index (κ1) is 14.9. The smallest absolute Gasteiger partial charge is 0.176 e. The van der Waals surface area contributed by atoms with E-state index in [0.29, 0.717) is 0 Å². The Morgan fingerprint density at radius 3 is 2.60 bits per heavy atom. The highest BCUT2D eigenvalue weighted by molar-refractivity contribution is 5.85. The van der Waals surface area contributed by atoms with E-state index in [2.05, 4.69) is 29.4 Å². The maximum atomic E-state index is 5.45. The van der Waals surface area contributed by atoms with Crippen molar-refractivity contribution in [1.82, 2.24) is 10.3 Å². The van der Waals surface area contributed by atoms with E-state index in [1.807, 2.05) is 24.5 Å². The molecular weight excluding hydrogens is 252 g/mol. The maximum absolute atomic E-state index is 5.45. The fraction of sp³-hybridized carbons (Fsp3) is 0.438. The van der Waals surface area contributed by atoms with E-state index < -0.39 is 0 Å². The number of benzene rings is 1. The Kier molecular flexibility index (Phi) is 5.47. The number of pyridine rings is 1. The number of aromatic nitrogens is 1. The van der Waals surface area contributed by atoms with Crippen LogP contribution in [0.25, 0.3) is 10.8 Å². The summed E-state index contributed by atoms with van der Waals surface area (Å²) < 4.78 is 10.9. The largest absolute Gasteiger partial charge is 0.354 e. The van der Waals surface area contributed by atoms with Crippen molar-refractivity contribution in [2.24, 2.45) is 0 Å². The van der Waals surface area contributed by atoms with Gasteiger partial charge in [-0.05, 0) is 18.4 Å². The molecule has 1 N–H and O–H groups in total. The van der Waals surface area contributed by atoms with E-state index in [4.69, 9.17) is 9.47 Å². The molecule has 0 fully saturated rings. The molecule has 1 unspecified atom stereocenters. The van der Waals surface area contributed by atoms with E-state index >= 15 is 0 Å². The molecule has 0 aliphatic carbocycles. The lowest BCUT2D eigenvalue weighted by Gasteiger charge is -2.27. The molecule has 0 bridgehead atoms. The highest BCUT2D eigenvalue weighted by atomic mass is 16.7. The van der Waals surface area contributed by atoms with Crippen molar-refractivity contribution in [2.45, 2.75) is 25.7 Å². The summed E-state index contributed by atoms with van der Waals surface area (Å²) in [5.41, 5.74) is 1.10. The summed E-state index contributed by atoms with van der Waals surface area (Å²) in [5, 5.41) is 5.79. The Hall–Kier alpha value is -1.49. The Morgan fingerprint density at radius 1 is 1.15 bits per heavy atom. The second kappa shape index (κ2) is 7.33. The lowest BCUT2D eigenvalue weighted by atomic mass is 10.0. The standard InChI is InChI=1S/C16H22N2O2/c1-4-9-18-15(16(19-2)20-3)14-11-17-10-12-7-5-6-8-13(12)14/h5-8,10-11,15-16,18H,4,9H2,1-3H3. The number of nitrogens with zero attached hydrogens (tertiary/aromatic N) is 1. The third-order valence-corrected chi connectivity index (χ3v) is 3.39. The van der Waals surface area contributed by atoms with Crippen LogP contribution in [0.2, 0.25) is 0 Å². The van der Waals surface area contributed by atoms with Gasteiger partial charge in [0.05, 0.1) is 6.04 Å². The summed E-state index contributed by atoms with van der Waals surface area (Å²) in [6, 6.07) is 8.19. The van der Waals surface area contributed by atoms with Crippen LogP contribution in [0.4, 0.5) is 0 Å². The monoisotopic (exact) mass is 274 g/mol. The highest BCUT2D eigenvalue weighted by Gasteiger charge is 2.24. The molecule has 2 rings (SSSR count). The van der Waals surface area contributed by atoms with Gasteiger partial charge in [-0.15, -0.1) is 0 Å². The molecule has 0 saturated carbocycles. The molecular formula is C16H22N2O2. The third-order valence-electron chi connectivity index (χ3n) is 3.39. The van der Waals surface area contributed by atoms with Crippen molar-refractivity contribution in [3.05, 3.63) is 42.2 Å². The average Bonchev–Trinajstić information content (AvgIpc) is 2.51. The Balaban J connectivity index is 2.44. The van der Waals surface area contributed by atoms with Crippen LogP contribution in [0.15, 0.2) is 36.7 Å². The lowest BCUT2D eigenvalue weighted by Crippen LogP contribution is -2.35. The van der Waals surface area contributed by atoms with E-state index in [0.717, 1.165) is 23.9 Å². The molecule has 20 heavy (non-hydrogen) atoms. The van der Waals surface area contributed by atoms with Gasteiger partial charge in [-0.2, -0.15) is 0 Å². The Morgan fingerprint density at radius 2 is 1.90 bits per heavy atom. The molecule has 1 aromatic heterocycles. The van der Waals surface area contributed by atoms with Gasteiger partial charge < -0.3 is 14.8 Å². The molecule has 4 nitrogen and oxygen atoms in total. The molecule has 2 aromatic rings. The van der Waals surface area contributed by atoms with Crippen LogP contribution in [0.3, 0.4) is 0 Å². The van der Waals surface area contributed by atoms with Crippen LogP contribution >= 0.6 is 0 Å². The van der Waals surface area contributed by atoms with E-state index in [9.17, 15) is 0 Å². The molecule has 0 amide bonds. The van der Waals surface area contributed by atoms with Crippen LogP contribution < -0.4 is 5.32 Å². The molecule has 0 aliphatic rings. The summed E-state index contributed by atoms with van der Waals surface area (Å²) in [4.78, 5) is 4.34. The summed E-state index contributed by atoms with van der Waals surface area (Å²) in [7, 11) is 3.32. The number of methoxy groups -OCH3 is 2. The van der Waals surface area contributed by atoms with Gasteiger partial charge in [-0.3, -0.25) is 4.98 Å². The van der Waals surface area contributed by atoms with Gasteiger partial charge in [0.15, 0.2) is 6.29 Å². The van der Waals surface area contributed by atoms with Crippen LogP contribution in [0.1, 0.15) is 24.9 Å². The number of nitrogens with one attached hydrogen (secondary N) is 1. The zero-order valence-corrected chi connectivity index (χ0v) is 12.3. The first-order valence-corrected chi connectivity index (χ1v) is 6.93. The normalized spacial score (nSPS) is 13.0. The van der Waals surface area contributed by atoms with Gasteiger partial charge in [0.25, 0.3) is 0 Å². The summed E-state index contributed by atoms with van der Waals surface area (Å²) in [5.74, 6) is 0.